The molecule has 3 heterocycles. The molecule has 4 aromatic rings. The number of hydrogen-bond donors (Lipinski definition) is 1. The lowest BCUT2D eigenvalue weighted by Crippen LogP contribution is -2.00. The molecule has 0 aliphatic carbocycles. The molecule has 0 saturated carbocycles. The summed E-state index contributed by atoms with van der Waals surface area (Å²) in [6.07, 6.45) is 1.62. The van der Waals surface area contributed by atoms with Crippen LogP contribution in [-0.2, 0) is 0 Å². The third kappa shape index (κ3) is 2.34. The van der Waals surface area contributed by atoms with Gasteiger partial charge in [-0.2, -0.15) is 4.98 Å². The average Bonchev–Trinajstić information content (AvgIpc) is 3.06. The number of aromatic hydroxyl groups is 1. The van der Waals surface area contributed by atoms with E-state index in [4.69, 9.17) is 8.94 Å². The molecule has 1 N–H and O–H groups in total. The van der Waals surface area contributed by atoms with Gasteiger partial charge >= 0.3 is 0 Å². The number of phenolic OH excluding ortho intramolecular Hbond substituents is 1. The first-order valence-corrected chi connectivity index (χ1v) is 6.73. The Hall–Kier alpha value is -3.48. The number of rotatable bonds is 2. The van der Waals surface area contributed by atoms with E-state index in [1.54, 1.807) is 24.4 Å². The Bertz CT molecular complexity index is 1050. The van der Waals surface area contributed by atoms with Crippen molar-refractivity contribution in [2.24, 2.45) is 0 Å². The highest BCUT2D eigenvalue weighted by Gasteiger charge is 2.15. The SMILES string of the molecule is O=c1cc(-c2nc(-c3ccccn3)no2)oc2ccc(O)cc12. The van der Waals surface area contributed by atoms with E-state index in [0.717, 1.165) is 0 Å². The molecule has 0 amide bonds. The standard InChI is InChI=1S/C16H9N3O4/c20-9-4-5-13-10(7-9)12(21)8-14(22-13)16-18-15(19-23-16)11-3-1-2-6-17-11/h1-8,20H. The number of hydrogen-bond acceptors (Lipinski definition) is 7. The summed E-state index contributed by atoms with van der Waals surface area (Å²) in [6, 6.07) is 10.9. The van der Waals surface area contributed by atoms with Gasteiger partial charge < -0.3 is 14.0 Å². The zero-order valence-electron chi connectivity index (χ0n) is 11.6. The number of benzene rings is 1. The lowest BCUT2D eigenvalue weighted by Gasteiger charge is -1.99. The summed E-state index contributed by atoms with van der Waals surface area (Å²) in [5.41, 5.74) is 0.563. The van der Waals surface area contributed by atoms with Gasteiger partial charge in [0.05, 0.1) is 5.39 Å². The van der Waals surface area contributed by atoms with Crippen LogP contribution in [0.15, 0.2) is 62.4 Å². The first-order chi connectivity index (χ1) is 11.2. The minimum absolute atomic E-state index is 0.00669. The molecule has 0 fully saturated rings. The fraction of sp³-hybridized carbons (Fsp3) is 0. The Morgan fingerprint density at radius 3 is 2.83 bits per heavy atom. The Kier molecular flexibility index (Phi) is 2.90. The second-order valence-electron chi connectivity index (χ2n) is 4.79. The molecule has 0 radical (unpaired) electrons. The molecular formula is C16H9N3O4. The van der Waals surface area contributed by atoms with E-state index in [9.17, 15) is 9.90 Å². The van der Waals surface area contributed by atoms with E-state index in [1.807, 2.05) is 0 Å². The highest BCUT2D eigenvalue weighted by atomic mass is 16.5. The molecule has 7 heteroatoms. The van der Waals surface area contributed by atoms with Crippen molar-refractivity contribution < 1.29 is 14.0 Å². The van der Waals surface area contributed by atoms with Crippen molar-refractivity contribution in [2.45, 2.75) is 0 Å². The normalized spacial score (nSPS) is 11.0. The topological polar surface area (TPSA) is 102 Å². The van der Waals surface area contributed by atoms with Gasteiger partial charge in [-0.15, -0.1) is 0 Å². The second kappa shape index (κ2) is 5.06. The fourth-order valence-corrected chi connectivity index (χ4v) is 2.17. The van der Waals surface area contributed by atoms with Crippen LogP contribution in [0.4, 0.5) is 0 Å². The van der Waals surface area contributed by atoms with Gasteiger partial charge in [0.25, 0.3) is 5.89 Å². The largest absolute Gasteiger partial charge is 0.508 e. The molecule has 0 atom stereocenters. The minimum Gasteiger partial charge on any atom is -0.508 e. The highest BCUT2D eigenvalue weighted by Crippen LogP contribution is 2.24. The molecular weight excluding hydrogens is 298 g/mol. The van der Waals surface area contributed by atoms with Crippen molar-refractivity contribution in [1.82, 2.24) is 15.1 Å². The number of nitrogens with zero attached hydrogens (tertiary/aromatic N) is 3. The maximum atomic E-state index is 12.1. The van der Waals surface area contributed by atoms with E-state index < -0.39 is 0 Å². The van der Waals surface area contributed by atoms with Gasteiger partial charge in [0.1, 0.15) is 17.0 Å². The van der Waals surface area contributed by atoms with E-state index in [2.05, 4.69) is 15.1 Å². The van der Waals surface area contributed by atoms with Crippen molar-refractivity contribution in [1.29, 1.82) is 0 Å². The van der Waals surface area contributed by atoms with Crippen LogP contribution >= 0.6 is 0 Å². The van der Waals surface area contributed by atoms with Crippen LogP contribution in [0.5, 0.6) is 5.75 Å². The van der Waals surface area contributed by atoms with Crippen molar-refractivity contribution in [2.75, 3.05) is 0 Å². The quantitative estimate of drug-likeness (QED) is 0.607. The van der Waals surface area contributed by atoms with Crippen LogP contribution in [0.25, 0.3) is 34.1 Å². The minimum atomic E-state index is -0.310. The van der Waals surface area contributed by atoms with Gasteiger partial charge in [-0.05, 0) is 30.3 Å². The Balaban J connectivity index is 1.82. The summed E-state index contributed by atoms with van der Waals surface area (Å²) >= 11 is 0. The van der Waals surface area contributed by atoms with E-state index >= 15 is 0 Å². The predicted octanol–water partition coefficient (Wildman–Crippen LogP) is 2.61. The third-order valence-electron chi connectivity index (χ3n) is 3.24. The summed E-state index contributed by atoms with van der Waals surface area (Å²) in [6.45, 7) is 0. The molecule has 4 rings (SSSR count). The molecule has 3 aromatic heterocycles. The van der Waals surface area contributed by atoms with Crippen molar-refractivity contribution in [3.05, 3.63) is 58.9 Å². The third-order valence-corrected chi connectivity index (χ3v) is 3.24. The summed E-state index contributed by atoms with van der Waals surface area (Å²) < 4.78 is 10.8. The fourth-order valence-electron chi connectivity index (χ4n) is 2.17. The number of pyridine rings is 1. The molecule has 0 bridgehead atoms. The van der Waals surface area contributed by atoms with Crippen molar-refractivity contribution in [3.8, 4) is 28.9 Å². The summed E-state index contributed by atoms with van der Waals surface area (Å²) in [4.78, 5) is 20.5. The Morgan fingerprint density at radius 2 is 2.00 bits per heavy atom. The molecule has 0 aliphatic heterocycles. The Labute approximate surface area is 128 Å². The molecule has 0 saturated heterocycles. The summed E-state index contributed by atoms with van der Waals surface area (Å²) in [5, 5.41) is 13.6. The maximum Gasteiger partial charge on any atom is 0.294 e. The van der Waals surface area contributed by atoms with Crippen LogP contribution < -0.4 is 5.43 Å². The van der Waals surface area contributed by atoms with Crippen LogP contribution in [0.2, 0.25) is 0 Å². The molecule has 0 aliphatic rings. The Morgan fingerprint density at radius 1 is 1.09 bits per heavy atom. The summed E-state index contributed by atoms with van der Waals surface area (Å²) in [5.74, 6) is 0.530. The van der Waals surface area contributed by atoms with Crippen LogP contribution in [0.1, 0.15) is 0 Å². The highest BCUT2D eigenvalue weighted by molar-refractivity contribution is 5.79. The van der Waals surface area contributed by atoms with Gasteiger partial charge in [-0.1, -0.05) is 11.2 Å². The van der Waals surface area contributed by atoms with Crippen LogP contribution in [0, 0.1) is 0 Å². The average molecular weight is 307 g/mol. The van der Waals surface area contributed by atoms with Crippen LogP contribution in [0.3, 0.4) is 0 Å². The zero-order chi connectivity index (χ0) is 15.8. The molecule has 0 unspecified atom stereocenters. The number of phenols is 1. The lowest BCUT2D eigenvalue weighted by atomic mass is 10.2. The van der Waals surface area contributed by atoms with Gasteiger partial charge in [-0.3, -0.25) is 9.78 Å². The first kappa shape index (κ1) is 13.2. The monoisotopic (exact) mass is 307 g/mol. The van der Waals surface area contributed by atoms with Gasteiger partial charge in [-0.25, -0.2) is 0 Å². The van der Waals surface area contributed by atoms with E-state index in [1.165, 1.54) is 24.3 Å². The van der Waals surface area contributed by atoms with Crippen molar-refractivity contribution >= 4 is 11.0 Å². The molecule has 112 valence electrons. The van der Waals surface area contributed by atoms with Crippen LogP contribution in [-0.4, -0.2) is 20.2 Å². The van der Waals surface area contributed by atoms with Gasteiger partial charge in [0.15, 0.2) is 11.2 Å². The van der Waals surface area contributed by atoms with Crippen molar-refractivity contribution in [3.63, 3.8) is 0 Å². The zero-order valence-corrected chi connectivity index (χ0v) is 11.6. The first-order valence-electron chi connectivity index (χ1n) is 6.73. The molecule has 0 spiro atoms. The maximum absolute atomic E-state index is 12.1. The predicted molar refractivity (Wildman–Crippen MR) is 80.7 cm³/mol. The molecule has 1 aromatic carbocycles. The van der Waals surface area contributed by atoms with E-state index in [0.29, 0.717) is 17.1 Å². The van der Waals surface area contributed by atoms with Gasteiger partial charge in [0, 0.05) is 12.3 Å². The number of fused-ring (bicyclic) bond motifs is 1. The smallest absolute Gasteiger partial charge is 0.294 e. The molecule has 7 nitrogen and oxygen atoms in total. The van der Waals surface area contributed by atoms with Gasteiger partial charge in [0.2, 0.25) is 5.82 Å². The number of aromatic nitrogens is 3. The lowest BCUT2D eigenvalue weighted by molar-refractivity contribution is 0.418. The second-order valence-corrected chi connectivity index (χ2v) is 4.79. The van der Waals surface area contributed by atoms with E-state index in [-0.39, 0.29) is 28.2 Å². The molecule has 23 heavy (non-hydrogen) atoms. The summed E-state index contributed by atoms with van der Waals surface area (Å²) in [7, 11) is 0.